The highest BCUT2D eigenvalue weighted by molar-refractivity contribution is 9.10. The SMILES string of the molecule is COc1ccc(NC(=O)CCn2ncc(Br)c2C)c([N+](=O)[O-])c1. The van der Waals surface area contributed by atoms with Gasteiger partial charge in [-0.05, 0) is 35.0 Å². The molecule has 0 atom stereocenters. The first-order valence-electron chi connectivity index (χ1n) is 6.72. The number of hydrogen-bond acceptors (Lipinski definition) is 5. The predicted molar refractivity (Wildman–Crippen MR) is 87.6 cm³/mol. The standard InChI is InChI=1S/C14H15BrN4O4/c1-9-11(15)8-16-18(9)6-5-14(20)17-12-4-3-10(23-2)7-13(12)19(21)22/h3-4,7-8H,5-6H2,1-2H3,(H,17,20). The molecule has 9 heteroatoms. The molecule has 1 aromatic carbocycles. The first-order chi connectivity index (χ1) is 10.9. The van der Waals surface area contributed by atoms with Gasteiger partial charge in [0.2, 0.25) is 5.91 Å². The second-order valence-electron chi connectivity index (χ2n) is 4.74. The Morgan fingerprint density at radius 3 is 2.83 bits per heavy atom. The predicted octanol–water partition coefficient (Wildman–Crippen LogP) is 2.90. The van der Waals surface area contributed by atoms with E-state index in [1.807, 2.05) is 6.92 Å². The van der Waals surface area contributed by atoms with Gasteiger partial charge in [-0.3, -0.25) is 19.6 Å². The molecule has 1 N–H and O–H groups in total. The van der Waals surface area contributed by atoms with Gasteiger partial charge in [-0.15, -0.1) is 0 Å². The highest BCUT2D eigenvalue weighted by Crippen LogP contribution is 2.29. The average Bonchev–Trinajstić information content (AvgIpc) is 2.84. The molecule has 1 heterocycles. The number of anilines is 1. The number of benzene rings is 1. The summed E-state index contributed by atoms with van der Waals surface area (Å²) in [4.78, 5) is 22.5. The average molecular weight is 383 g/mol. The van der Waals surface area contributed by atoms with Crippen LogP contribution in [-0.2, 0) is 11.3 Å². The first-order valence-corrected chi connectivity index (χ1v) is 7.52. The second-order valence-corrected chi connectivity index (χ2v) is 5.59. The van der Waals surface area contributed by atoms with Crippen LogP contribution in [0.3, 0.4) is 0 Å². The van der Waals surface area contributed by atoms with E-state index in [1.54, 1.807) is 16.9 Å². The molecule has 0 unspecified atom stereocenters. The Morgan fingerprint density at radius 1 is 1.52 bits per heavy atom. The maximum atomic E-state index is 12.0. The molecule has 0 aliphatic rings. The molecule has 0 spiro atoms. The number of carbonyl (C=O) groups is 1. The smallest absolute Gasteiger partial charge is 0.296 e. The molecule has 122 valence electrons. The molecule has 0 saturated carbocycles. The summed E-state index contributed by atoms with van der Waals surface area (Å²) in [5.74, 6) is 0.0241. The van der Waals surface area contributed by atoms with Crippen LogP contribution in [0.4, 0.5) is 11.4 Å². The lowest BCUT2D eigenvalue weighted by molar-refractivity contribution is -0.384. The number of methoxy groups -OCH3 is 1. The van der Waals surface area contributed by atoms with Gasteiger partial charge in [0.25, 0.3) is 5.69 Å². The van der Waals surface area contributed by atoms with Crippen molar-refractivity contribution in [2.75, 3.05) is 12.4 Å². The molecule has 2 rings (SSSR count). The molecular formula is C14H15BrN4O4. The van der Waals surface area contributed by atoms with Crippen molar-refractivity contribution in [2.45, 2.75) is 19.9 Å². The summed E-state index contributed by atoms with van der Waals surface area (Å²) in [6, 6.07) is 4.27. The van der Waals surface area contributed by atoms with Crippen LogP contribution in [-0.4, -0.2) is 27.7 Å². The van der Waals surface area contributed by atoms with Crippen molar-refractivity contribution < 1.29 is 14.5 Å². The van der Waals surface area contributed by atoms with E-state index in [-0.39, 0.29) is 23.7 Å². The Labute approximate surface area is 140 Å². The first kappa shape index (κ1) is 16.9. The summed E-state index contributed by atoms with van der Waals surface area (Å²) >= 11 is 3.35. The van der Waals surface area contributed by atoms with Crippen molar-refractivity contribution in [3.05, 3.63) is 44.7 Å². The van der Waals surface area contributed by atoms with E-state index < -0.39 is 4.92 Å². The number of amides is 1. The molecule has 0 saturated heterocycles. The lowest BCUT2D eigenvalue weighted by Crippen LogP contribution is -2.16. The topological polar surface area (TPSA) is 99.3 Å². The highest BCUT2D eigenvalue weighted by atomic mass is 79.9. The van der Waals surface area contributed by atoms with Gasteiger partial charge < -0.3 is 10.1 Å². The fourth-order valence-electron chi connectivity index (χ4n) is 1.96. The summed E-state index contributed by atoms with van der Waals surface area (Å²) in [7, 11) is 1.42. The summed E-state index contributed by atoms with van der Waals surface area (Å²) in [6.45, 7) is 2.26. The summed E-state index contributed by atoms with van der Waals surface area (Å²) in [5, 5.41) is 17.8. The normalized spacial score (nSPS) is 10.4. The van der Waals surface area contributed by atoms with E-state index in [9.17, 15) is 14.9 Å². The van der Waals surface area contributed by atoms with E-state index in [4.69, 9.17) is 4.74 Å². The molecule has 0 radical (unpaired) electrons. The number of halogens is 1. The highest BCUT2D eigenvalue weighted by Gasteiger charge is 2.17. The molecular weight excluding hydrogens is 368 g/mol. The summed E-state index contributed by atoms with van der Waals surface area (Å²) in [6.07, 6.45) is 1.81. The van der Waals surface area contributed by atoms with Crippen LogP contribution in [0.1, 0.15) is 12.1 Å². The van der Waals surface area contributed by atoms with E-state index in [1.165, 1.54) is 19.2 Å². The minimum absolute atomic E-state index is 0.138. The summed E-state index contributed by atoms with van der Waals surface area (Å²) < 4.78 is 7.50. The zero-order valence-electron chi connectivity index (χ0n) is 12.6. The Hall–Kier alpha value is -2.42. The van der Waals surface area contributed by atoms with Crippen LogP contribution in [0.25, 0.3) is 0 Å². The van der Waals surface area contributed by atoms with Crippen molar-refractivity contribution in [3.8, 4) is 5.75 Å². The minimum Gasteiger partial charge on any atom is -0.496 e. The molecule has 0 fully saturated rings. The van der Waals surface area contributed by atoms with Gasteiger partial charge in [0.05, 0.1) is 35.3 Å². The zero-order valence-corrected chi connectivity index (χ0v) is 14.2. The molecule has 0 aliphatic heterocycles. The van der Waals surface area contributed by atoms with E-state index in [0.29, 0.717) is 12.3 Å². The number of nitro benzene ring substituents is 1. The molecule has 0 aliphatic carbocycles. The number of nitrogens with one attached hydrogen (secondary N) is 1. The Balaban J connectivity index is 2.05. The number of aromatic nitrogens is 2. The van der Waals surface area contributed by atoms with E-state index >= 15 is 0 Å². The molecule has 8 nitrogen and oxygen atoms in total. The van der Waals surface area contributed by atoms with Crippen molar-refractivity contribution in [1.29, 1.82) is 0 Å². The van der Waals surface area contributed by atoms with Crippen LogP contribution < -0.4 is 10.1 Å². The van der Waals surface area contributed by atoms with Gasteiger partial charge in [0.1, 0.15) is 11.4 Å². The Bertz CT molecular complexity index is 744. The number of nitro groups is 1. The van der Waals surface area contributed by atoms with E-state index in [0.717, 1.165) is 10.2 Å². The number of aryl methyl sites for hydroxylation is 1. The minimum atomic E-state index is -0.563. The lowest BCUT2D eigenvalue weighted by atomic mass is 10.2. The van der Waals surface area contributed by atoms with Crippen LogP contribution in [0.2, 0.25) is 0 Å². The molecule has 0 bridgehead atoms. The lowest BCUT2D eigenvalue weighted by Gasteiger charge is -2.08. The second kappa shape index (κ2) is 7.23. The maximum absolute atomic E-state index is 12.0. The van der Waals surface area contributed by atoms with Crippen molar-refractivity contribution in [2.24, 2.45) is 0 Å². The van der Waals surface area contributed by atoms with Crippen LogP contribution >= 0.6 is 15.9 Å². The van der Waals surface area contributed by atoms with Gasteiger partial charge in [-0.2, -0.15) is 5.10 Å². The van der Waals surface area contributed by atoms with Crippen molar-refractivity contribution in [3.63, 3.8) is 0 Å². The van der Waals surface area contributed by atoms with Crippen LogP contribution in [0.15, 0.2) is 28.9 Å². The molecule has 1 aromatic heterocycles. The third kappa shape index (κ3) is 4.07. The van der Waals surface area contributed by atoms with Gasteiger partial charge >= 0.3 is 0 Å². The largest absolute Gasteiger partial charge is 0.496 e. The third-order valence-corrected chi connectivity index (χ3v) is 4.05. The van der Waals surface area contributed by atoms with E-state index in [2.05, 4.69) is 26.3 Å². The van der Waals surface area contributed by atoms with Gasteiger partial charge in [-0.1, -0.05) is 0 Å². The number of carbonyl (C=O) groups excluding carboxylic acids is 1. The van der Waals surface area contributed by atoms with Crippen molar-refractivity contribution >= 4 is 33.2 Å². The summed E-state index contributed by atoms with van der Waals surface area (Å²) in [5.41, 5.74) is 0.836. The Kier molecular flexibility index (Phi) is 5.32. The van der Waals surface area contributed by atoms with Crippen LogP contribution in [0, 0.1) is 17.0 Å². The fraction of sp³-hybridized carbons (Fsp3) is 0.286. The fourth-order valence-corrected chi connectivity index (χ4v) is 2.26. The maximum Gasteiger partial charge on any atom is 0.296 e. The third-order valence-electron chi connectivity index (χ3n) is 3.27. The number of rotatable bonds is 6. The molecule has 1 amide bonds. The quantitative estimate of drug-likeness (QED) is 0.611. The van der Waals surface area contributed by atoms with Gasteiger partial charge in [0.15, 0.2) is 0 Å². The van der Waals surface area contributed by atoms with Gasteiger partial charge in [0, 0.05) is 12.1 Å². The monoisotopic (exact) mass is 382 g/mol. The van der Waals surface area contributed by atoms with Crippen molar-refractivity contribution in [1.82, 2.24) is 9.78 Å². The number of nitrogens with zero attached hydrogens (tertiary/aromatic N) is 3. The number of hydrogen-bond donors (Lipinski definition) is 1. The zero-order chi connectivity index (χ0) is 17.0. The Morgan fingerprint density at radius 2 is 2.26 bits per heavy atom. The van der Waals surface area contributed by atoms with Crippen LogP contribution in [0.5, 0.6) is 5.75 Å². The number of ether oxygens (including phenoxy) is 1. The van der Waals surface area contributed by atoms with Gasteiger partial charge in [-0.25, -0.2) is 0 Å². The molecule has 2 aromatic rings. The molecule has 23 heavy (non-hydrogen) atoms.